The summed E-state index contributed by atoms with van der Waals surface area (Å²) in [5.74, 6) is 0.0685. The quantitative estimate of drug-likeness (QED) is 0.863. The maximum atomic E-state index is 11.9. The average Bonchev–Trinajstić information content (AvgIpc) is 2.89. The van der Waals surface area contributed by atoms with Crippen LogP contribution in [-0.2, 0) is 12.8 Å². The molecule has 0 aliphatic heterocycles. The van der Waals surface area contributed by atoms with E-state index in [0.717, 1.165) is 18.5 Å². The third-order valence-electron chi connectivity index (χ3n) is 2.82. The van der Waals surface area contributed by atoms with Gasteiger partial charge in [-0.2, -0.15) is 0 Å². The molecular weight excluding hydrogens is 248 g/mol. The lowest BCUT2D eigenvalue weighted by molar-refractivity contribution is 0.102. The largest absolute Gasteiger partial charge is 0.384 e. The normalized spacial score (nSPS) is 13.3. The molecule has 0 atom stereocenters. The van der Waals surface area contributed by atoms with E-state index in [0.29, 0.717) is 16.6 Å². The summed E-state index contributed by atoms with van der Waals surface area (Å²) in [5, 5.41) is 3.41. The van der Waals surface area contributed by atoms with E-state index < -0.39 is 0 Å². The molecule has 0 fully saturated rings. The molecule has 0 unspecified atom stereocenters. The number of anilines is 2. The van der Waals surface area contributed by atoms with Crippen LogP contribution in [0.2, 0.25) is 0 Å². The molecular formula is C12H12N4OS. The van der Waals surface area contributed by atoms with E-state index in [4.69, 9.17) is 5.73 Å². The highest BCUT2D eigenvalue weighted by Crippen LogP contribution is 2.30. The molecule has 5 nitrogen and oxygen atoms in total. The number of amides is 1. The molecule has 0 aromatic carbocycles. The second-order valence-corrected chi connectivity index (χ2v) is 5.23. The van der Waals surface area contributed by atoms with Crippen LogP contribution in [0.5, 0.6) is 0 Å². The van der Waals surface area contributed by atoms with Gasteiger partial charge in [0.25, 0.3) is 5.91 Å². The first-order valence-electron chi connectivity index (χ1n) is 5.75. The van der Waals surface area contributed by atoms with Gasteiger partial charge in [0, 0.05) is 4.88 Å². The number of hydrogen-bond acceptors (Lipinski definition) is 5. The van der Waals surface area contributed by atoms with Gasteiger partial charge in [0.2, 0.25) is 0 Å². The molecule has 6 heteroatoms. The Bertz CT molecular complexity index is 586. The minimum absolute atomic E-state index is 0.269. The molecule has 3 N–H and O–H groups in total. The maximum Gasteiger partial charge on any atom is 0.276 e. The van der Waals surface area contributed by atoms with Gasteiger partial charge in [-0.1, -0.05) is 6.07 Å². The molecule has 0 saturated carbocycles. The molecule has 0 radical (unpaired) electrons. The van der Waals surface area contributed by atoms with Gasteiger partial charge >= 0.3 is 0 Å². The van der Waals surface area contributed by atoms with Gasteiger partial charge in [0.1, 0.15) is 11.5 Å². The Morgan fingerprint density at radius 2 is 2.22 bits per heavy atom. The fraction of sp³-hybridized carbons (Fsp3) is 0.250. The number of nitrogen functional groups attached to an aromatic ring is 1. The predicted octanol–water partition coefficient (Wildman–Crippen LogP) is 1.86. The topological polar surface area (TPSA) is 80.9 Å². The lowest BCUT2D eigenvalue weighted by Crippen LogP contribution is -2.14. The van der Waals surface area contributed by atoms with E-state index in [9.17, 15) is 4.79 Å². The Labute approximate surface area is 108 Å². The number of thiazole rings is 1. The van der Waals surface area contributed by atoms with Gasteiger partial charge in [-0.15, -0.1) is 11.3 Å². The summed E-state index contributed by atoms with van der Waals surface area (Å²) < 4.78 is 0. The Balaban J connectivity index is 1.78. The number of aryl methyl sites for hydroxylation is 2. The molecule has 2 aromatic rings. The minimum Gasteiger partial charge on any atom is -0.384 e. The van der Waals surface area contributed by atoms with Gasteiger partial charge in [-0.25, -0.2) is 9.97 Å². The third kappa shape index (κ3) is 2.06. The van der Waals surface area contributed by atoms with Crippen molar-refractivity contribution in [3.63, 3.8) is 0 Å². The second-order valence-electron chi connectivity index (χ2n) is 4.14. The number of aromatic nitrogens is 2. The van der Waals surface area contributed by atoms with Crippen LogP contribution in [0.1, 0.15) is 27.5 Å². The van der Waals surface area contributed by atoms with Crippen molar-refractivity contribution in [1.82, 2.24) is 9.97 Å². The zero-order valence-electron chi connectivity index (χ0n) is 9.64. The van der Waals surface area contributed by atoms with Crippen LogP contribution in [0, 0.1) is 0 Å². The van der Waals surface area contributed by atoms with Gasteiger partial charge in [0.05, 0.1) is 5.69 Å². The van der Waals surface area contributed by atoms with Crippen molar-refractivity contribution in [2.75, 3.05) is 11.1 Å². The molecule has 2 heterocycles. The van der Waals surface area contributed by atoms with Crippen molar-refractivity contribution in [2.24, 2.45) is 0 Å². The Morgan fingerprint density at radius 1 is 1.33 bits per heavy atom. The maximum absolute atomic E-state index is 11.9. The predicted molar refractivity (Wildman–Crippen MR) is 70.7 cm³/mol. The Morgan fingerprint density at radius 3 is 3.00 bits per heavy atom. The number of nitrogens with one attached hydrogen (secondary N) is 1. The lowest BCUT2D eigenvalue weighted by atomic mass is 10.3. The molecule has 0 saturated heterocycles. The highest BCUT2D eigenvalue weighted by molar-refractivity contribution is 7.15. The summed E-state index contributed by atoms with van der Waals surface area (Å²) in [6.07, 6.45) is 3.25. The summed E-state index contributed by atoms with van der Waals surface area (Å²) in [7, 11) is 0. The minimum atomic E-state index is -0.269. The van der Waals surface area contributed by atoms with Crippen LogP contribution in [0.4, 0.5) is 10.9 Å². The molecule has 18 heavy (non-hydrogen) atoms. The molecule has 3 rings (SSSR count). The zero-order valence-corrected chi connectivity index (χ0v) is 10.5. The summed E-state index contributed by atoms with van der Waals surface area (Å²) in [6.45, 7) is 0. The molecule has 1 aliphatic rings. The first-order valence-corrected chi connectivity index (χ1v) is 6.56. The summed E-state index contributed by atoms with van der Waals surface area (Å²) >= 11 is 1.55. The lowest BCUT2D eigenvalue weighted by Gasteiger charge is -2.01. The van der Waals surface area contributed by atoms with E-state index in [1.165, 1.54) is 11.3 Å². The van der Waals surface area contributed by atoms with Gasteiger partial charge in [-0.05, 0) is 31.4 Å². The smallest absolute Gasteiger partial charge is 0.276 e. The number of carbonyl (C=O) groups excluding carboxylic acids is 1. The third-order valence-corrected chi connectivity index (χ3v) is 3.89. The SMILES string of the molecule is Nc1cccc(C(=O)Nc2nc3c(s2)CCC3)n1. The van der Waals surface area contributed by atoms with E-state index in [-0.39, 0.29) is 5.91 Å². The van der Waals surface area contributed by atoms with Crippen molar-refractivity contribution < 1.29 is 4.79 Å². The van der Waals surface area contributed by atoms with Gasteiger partial charge in [-0.3, -0.25) is 10.1 Å². The van der Waals surface area contributed by atoms with Crippen molar-refractivity contribution in [2.45, 2.75) is 19.3 Å². The molecule has 92 valence electrons. The highest BCUT2D eigenvalue weighted by atomic mass is 32.1. The van der Waals surface area contributed by atoms with Crippen LogP contribution >= 0.6 is 11.3 Å². The zero-order chi connectivity index (χ0) is 12.5. The summed E-state index contributed by atoms with van der Waals surface area (Å²) in [6, 6.07) is 4.99. The molecule has 1 aliphatic carbocycles. The molecule has 0 bridgehead atoms. The summed E-state index contributed by atoms with van der Waals surface area (Å²) in [4.78, 5) is 21.6. The number of hydrogen-bond donors (Lipinski definition) is 2. The van der Waals surface area contributed by atoms with Gasteiger partial charge in [0.15, 0.2) is 5.13 Å². The van der Waals surface area contributed by atoms with E-state index >= 15 is 0 Å². The van der Waals surface area contributed by atoms with Crippen LogP contribution in [0.25, 0.3) is 0 Å². The average molecular weight is 260 g/mol. The molecule has 2 aromatic heterocycles. The van der Waals surface area contributed by atoms with Crippen molar-refractivity contribution in [3.05, 3.63) is 34.5 Å². The number of fused-ring (bicyclic) bond motifs is 1. The van der Waals surface area contributed by atoms with Crippen LogP contribution in [0.3, 0.4) is 0 Å². The fourth-order valence-corrected chi connectivity index (χ4v) is 3.03. The van der Waals surface area contributed by atoms with Crippen molar-refractivity contribution in [1.29, 1.82) is 0 Å². The van der Waals surface area contributed by atoms with Crippen molar-refractivity contribution in [3.8, 4) is 0 Å². The fourth-order valence-electron chi connectivity index (χ4n) is 1.98. The first-order chi connectivity index (χ1) is 8.72. The monoisotopic (exact) mass is 260 g/mol. The van der Waals surface area contributed by atoms with E-state index in [1.54, 1.807) is 29.5 Å². The summed E-state index contributed by atoms with van der Waals surface area (Å²) in [5.41, 5.74) is 6.98. The standard InChI is InChI=1S/C12H12N4OS/c13-10-6-2-4-8(14-10)11(17)16-12-15-7-3-1-5-9(7)18-12/h2,4,6H,1,3,5H2,(H2,13,14)(H,15,16,17). The number of rotatable bonds is 2. The first kappa shape index (κ1) is 11.2. The van der Waals surface area contributed by atoms with Crippen LogP contribution in [-0.4, -0.2) is 15.9 Å². The van der Waals surface area contributed by atoms with E-state index in [1.807, 2.05) is 0 Å². The number of nitrogens with two attached hydrogens (primary N) is 1. The number of pyridine rings is 1. The van der Waals surface area contributed by atoms with Crippen LogP contribution in [0.15, 0.2) is 18.2 Å². The molecule has 1 amide bonds. The van der Waals surface area contributed by atoms with E-state index in [2.05, 4.69) is 15.3 Å². The Hall–Kier alpha value is -1.95. The van der Waals surface area contributed by atoms with Crippen LogP contribution < -0.4 is 11.1 Å². The highest BCUT2D eigenvalue weighted by Gasteiger charge is 2.18. The molecule has 0 spiro atoms. The second kappa shape index (κ2) is 4.38. The number of carbonyl (C=O) groups is 1. The number of nitrogens with zero attached hydrogens (tertiary/aromatic N) is 2. The van der Waals surface area contributed by atoms with Gasteiger partial charge < -0.3 is 5.73 Å². The van der Waals surface area contributed by atoms with Crippen molar-refractivity contribution >= 4 is 28.2 Å². The Kier molecular flexibility index (Phi) is 2.71.